The Morgan fingerprint density at radius 1 is 1.09 bits per heavy atom. The van der Waals surface area contributed by atoms with E-state index >= 15 is 0 Å². The lowest BCUT2D eigenvalue weighted by Crippen LogP contribution is -2.27. The van der Waals surface area contributed by atoms with E-state index in [0.717, 1.165) is 27.8 Å². The standard InChI is InChI=1S/C18H14FNO2S/c1-12-6-8-13(9-7-12)10-16-17(21)20(18(22)23-16)11-14-4-2-3-5-15(14)19/h2-10H,11H2,1H3. The zero-order valence-electron chi connectivity index (χ0n) is 12.5. The summed E-state index contributed by atoms with van der Waals surface area (Å²) < 4.78 is 13.7. The number of hydrogen-bond donors (Lipinski definition) is 0. The monoisotopic (exact) mass is 327 g/mol. The van der Waals surface area contributed by atoms with Crippen LogP contribution in [-0.2, 0) is 11.3 Å². The van der Waals surface area contributed by atoms with Gasteiger partial charge in [-0.25, -0.2) is 4.39 Å². The fourth-order valence-corrected chi connectivity index (χ4v) is 3.09. The largest absolute Gasteiger partial charge is 0.293 e. The Morgan fingerprint density at radius 3 is 2.48 bits per heavy atom. The maximum atomic E-state index is 13.7. The second-order valence-corrected chi connectivity index (χ2v) is 6.26. The van der Waals surface area contributed by atoms with Gasteiger partial charge in [-0.15, -0.1) is 0 Å². The number of benzene rings is 2. The molecule has 5 heteroatoms. The van der Waals surface area contributed by atoms with E-state index in [4.69, 9.17) is 0 Å². The van der Waals surface area contributed by atoms with Gasteiger partial charge in [0.1, 0.15) is 5.82 Å². The van der Waals surface area contributed by atoms with Gasteiger partial charge in [0.15, 0.2) is 0 Å². The van der Waals surface area contributed by atoms with Crippen molar-refractivity contribution in [3.63, 3.8) is 0 Å². The molecule has 0 radical (unpaired) electrons. The Hall–Kier alpha value is -2.40. The van der Waals surface area contributed by atoms with E-state index in [2.05, 4.69) is 0 Å². The normalized spacial score (nSPS) is 16.4. The number of hydrogen-bond acceptors (Lipinski definition) is 3. The summed E-state index contributed by atoms with van der Waals surface area (Å²) in [5, 5.41) is -0.378. The third-order valence-corrected chi connectivity index (χ3v) is 4.44. The molecule has 0 atom stereocenters. The van der Waals surface area contributed by atoms with Crippen molar-refractivity contribution in [2.75, 3.05) is 0 Å². The third kappa shape index (κ3) is 3.35. The molecule has 0 saturated carbocycles. The SMILES string of the molecule is Cc1ccc(C=C2SC(=O)N(Cc3ccccc3F)C2=O)cc1. The highest BCUT2D eigenvalue weighted by Crippen LogP contribution is 2.33. The number of carbonyl (C=O) groups is 2. The molecule has 2 amide bonds. The fourth-order valence-electron chi connectivity index (χ4n) is 2.25. The van der Waals surface area contributed by atoms with Crippen molar-refractivity contribution in [3.05, 3.63) is 75.9 Å². The molecule has 2 aromatic carbocycles. The predicted molar refractivity (Wildman–Crippen MR) is 89.1 cm³/mol. The molecule has 3 nitrogen and oxygen atoms in total. The van der Waals surface area contributed by atoms with Gasteiger partial charge >= 0.3 is 0 Å². The van der Waals surface area contributed by atoms with E-state index in [9.17, 15) is 14.0 Å². The van der Waals surface area contributed by atoms with Crippen molar-refractivity contribution in [1.82, 2.24) is 4.90 Å². The lowest BCUT2D eigenvalue weighted by molar-refractivity contribution is -0.123. The summed E-state index contributed by atoms with van der Waals surface area (Å²) in [5.74, 6) is -0.808. The van der Waals surface area contributed by atoms with E-state index < -0.39 is 5.82 Å². The van der Waals surface area contributed by atoms with Gasteiger partial charge < -0.3 is 0 Å². The van der Waals surface area contributed by atoms with Crippen LogP contribution in [0.1, 0.15) is 16.7 Å². The second-order valence-electron chi connectivity index (χ2n) is 5.27. The minimum absolute atomic E-state index is 0.0530. The summed E-state index contributed by atoms with van der Waals surface area (Å²) in [4.78, 5) is 25.9. The molecular formula is C18H14FNO2S. The molecule has 23 heavy (non-hydrogen) atoms. The molecule has 1 heterocycles. The number of halogens is 1. The molecule has 1 fully saturated rings. The first-order chi connectivity index (χ1) is 11.0. The van der Waals surface area contributed by atoms with Crippen LogP contribution in [0.25, 0.3) is 6.08 Å². The number of amides is 2. The zero-order chi connectivity index (χ0) is 16.4. The highest BCUT2D eigenvalue weighted by atomic mass is 32.2. The van der Waals surface area contributed by atoms with Crippen LogP contribution in [0.4, 0.5) is 9.18 Å². The minimum atomic E-state index is -0.422. The smallest absolute Gasteiger partial charge is 0.268 e. The summed E-state index contributed by atoms with van der Waals surface area (Å²) in [6, 6.07) is 13.8. The molecule has 1 saturated heterocycles. The average molecular weight is 327 g/mol. The van der Waals surface area contributed by atoms with Crippen molar-refractivity contribution in [2.24, 2.45) is 0 Å². The summed E-state index contributed by atoms with van der Waals surface area (Å²) in [6.45, 7) is 1.93. The van der Waals surface area contributed by atoms with Gasteiger partial charge in [-0.05, 0) is 36.4 Å². The Bertz CT molecular complexity index is 799. The summed E-state index contributed by atoms with van der Waals surface area (Å²) >= 11 is 0.882. The highest BCUT2D eigenvalue weighted by Gasteiger charge is 2.35. The molecule has 0 aliphatic carbocycles. The van der Waals surface area contributed by atoms with Crippen LogP contribution in [0, 0.1) is 12.7 Å². The first-order valence-corrected chi connectivity index (χ1v) is 7.92. The molecule has 1 aliphatic rings. The lowest BCUT2D eigenvalue weighted by atomic mass is 10.1. The fraction of sp³-hybridized carbons (Fsp3) is 0.111. The van der Waals surface area contributed by atoms with Gasteiger partial charge in [0.25, 0.3) is 11.1 Å². The van der Waals surface area contributed by atoms with Crippen LogP contribution in [0.3, 0.4) is 0 Å². The van der Waals surface area contributed by atoms with Crippen molar-refractivity contribution in [1.29, 1.82) is 0 Å². The Balaban J connectivity index is 1.82. The molecule has 0 unspecified atom stereocenters. The maximum absolute atomic E-state index is 13.7. The van der Waals surface area contributed by atoms with Gasteiger partial charge in [-0.1, -0.05) is 48.0 Å². The van der Waals surface area contributed by atoms with E-state index in [0.29, 0.717) is 10.5 Å². The quantitative estimate of drug-likeness (QED) is 0.786. The van der Waals surface area contributed by atoms with Crippen LogP contribution in [0.15, 0.2) is 53.4 Å². The Morgan fingerprint density at radius 2 is 1.78 bits per heavy atom. The predicted octanol–water partition coefficient (Wildman–Crippen LogP) is 4.37. The minimum Gasteiger partial charge on any atom is -0.268 e. The Labute approximate surface area is 137 Å². The number of carbonyl (C=O) groups excluding carboxylic acids is 2. The molecule has 3 rings (SSSR count). The molecular weight excluding hydrogens is 313 g/mol. The van der Waals surface area contributed by atoms with Gasteiger partial charge in [0.05, 0.1) is 11.4 Å². The van der Waals surface area contributed by atoms with Gasteiger partial charge in [0.2, 0.25) is 0 Å². The number of imide groups is 1. The van der Waals surface area contributed by atoms with Crippen LogP contribution < -0.4 is 0 Å². The number of aryl methyl sites for hydroxylation is 1. The number of nitrogens with zero attached hydrogens (tertiary/aromatic N) is 1. The van der Waals surface area contributed by atoms with E-state index in [1.807, 2.05) is 31.2 Å². The van der Waals surface area contributed by atoms with Crippen molar-refractivity contribution >= 4 is 29.0 Å². The van der Waals surface area contributed by atoms with E-state index in [-0.39, 0.29) is 17.7 Å². The number of thioether (sulfide) groups is 1. The van der Waals surface area contributed by atoms with Crippen LogP contribution in [0.2, 0.25) is 0 Å². The van der Waals surface area contributed by atoms with E-state index in [1.54, 1.807) is 24.3 Å². The zero-order valence-corrected chi connectivity index (χ0v) is 13.3. The van der Waals surface area contributed by atoms with Gasteiger partial charge in [-0.2, -0.15) is 0 Å². The maximum Gasteiger partial charge on any atom is 0.293 e. The molecule has 0 N–H and O–H groups in total. The van der Waals surface area contributed by atoms with Crippen LogP contribution in [-0.4, -0.2) is 16.0 Å². The van der Waals surface area contributed by atoms with E-state index in [1.165, 1.54) is 6.07 Å². The first-order valence-electron chi connectivity index (χ1n) is 7.10. The molecule has 1 aliphatic heterocycles. The average Bonchev–Trinajstić information content (AvgIpc) is 2.79. The lowest BCUT2D eigenvalue weighted by Gasteiger charge is -2.12. The summed E-state index contributed by atoms with van der Waals surface area (Å²) in [5.41, 5.74) is 2.30. The van der Waals surface area contributed by atoms with Crippen molar-refractivity contribution < 1.29 is 14.0 Å². The third-order valence-electron chi connectivity index (χ3n) is 3.53. The summed E-state index contributed by atoms with van der Waals surface area (Å²) in [7, 11) is 0. The molecule has 116 valence electrons. The molecule has 0 bridgehead atoms. The van der Waals surface area contributed by atoms with Gasteiger partial charge in [-0.3, -0.25) is 14.5 Å². The van der Waals surface area contributed by atoms with Crippen LogP contribution >= 0.6 is 11.8 Å². The topological polar surface area (TPSA) is 37.4 Å². The first kappa shape index (κ1) is 15.5. The van der Waals surface area contributed by atoms with Gasteiger partial charge in [0, 0.05) is 5.56 Å². The highest BCUT2D eigenvalue weighted by molar-refractivity contribution is 8.18. The van der Waals surface area contributed by atoms with Crippen molar-refractivity contribution in [3.8, 4) is 0 Å². The number of rotatable bonds is 3. The summed E-state index contributed by atoms with van der Waals surface area (Å²) in [6.07, 6.45) is 1.69. The molecule has 0 aromatic heterocycles. The van der Waals surface area contributed by atoms with Crippen molar-refractivity contribution in [2.45, 2.75) is 13.5 Å². The second kappa shape index (κ2) is 6.38. The molecule has 0 spiro atoms. The molecule has 2 aromatic rings. The van der Waals surface area contributed by atoms with Crippen LogP contribution in [0.5, 0.6) is 0 Å². The Kier molecular flexibility index (Phi) is 4.30.